The van der Waals surface area contributed by atoms with Crippen LogP contribution in [0.2, 0.25) is 0 Å². The summed E-state index contributed by atoms with van der Waals surface area (Å²) in [5.41, 5.74) is 0.162. The van der Waals surface area contributed by atoms with Crippen LogP contribution in [-0.2, 0) is 6.54 Å². The molecule has 5 heteroatoms. The van der Waals surface area contributed by atoms with Crippen molar-refractivity contribution < 1.29 is 4.42 Å². The second-order valence-corrected chi connectivity index (χ2v) is 5.41. The van der Waals surface area contributed by atoms with Gasteiger partial charge in [0.15, 0.2) is 0 Å². The van der Waals surface area contributed by atoms with Crippen LogP contribution in [0.3, 0.4) is 0 Å². The van der Waals surface area contributed by atoms with Crippen molar-refractivity contribution in [2.75, 3.05) is 11.9 Å². The summed E-state index contributed by atoms with van der Waals surface area (Å²) in [7, 11) is 0. The van der Waals surface area contributed by atoms with Gasteiger partial charge in [0.2, 0.25) is 5.89 Å². The Bertz CT molecular complexity index is 329. The number of anilines is 1. The first-order chi connectivity index (χ1) is 7.93. The molecule has 0 amide bonds. The summed E-state index contributed by atoms with van der Waals surface area (Å²) in [5.74, 6) is 0.627. The molecule has 5 nitrogen and oxygen atoms in total. The van der Waals surface area contributed by atoms with Gasteiger partial charge in [-0.05, 0) is 25.3 Å². The Balaban J connectivity index is 2.45. The minimum atomic E-state index is 0.162. The Morgan fingerprint density at radius 1 is 1.29 bits per heavy atom. The maximum absolute atomic E-state index is 5.50. The summed E-state index contributed by atoms with van der Waals surface area (Å²) in [5, 5.41) is 14.4. The number of aromatic nitrogens is 2. The molecule has 0 saturated carbocycles. The third kappa shape index (κ3) is 4.73. The summed E-state index contributed by atoms with van der Waals surface area (Å²) in [4.78, 5) is 0. The molecule has 0 aromatic carbocycles. The molecule has 0 aliphatic heterocycles. The molecule has 0 saturated heterocycles. The number of nitrogens with one attached hydrogen (secondary N) is 2. The molecule has 1 unspecified atom stereocenters. The Morgan fingerprint density at radius 2 is 2.00 bits per heavy atom. The van der Waals surface area contributed by atoms with Crippen molar-refractivity contribution in [1.82, 2.24) is 15.5 Å². The zero-order valence-electron chi connectivity index (χ0n) is 11.5. The molecular weight excluding hydrogens is 216 g/mol. The fourth-order valence-corrected chi connectivity index (χ4v) is 1.16. The normalized spacial score (nSPS) is 13.7. The lowest BCUT2D eigenvalue weighted by atomic mass is 9.88. The molecule has 0 spiro atoms. The van der Waals surface area contributed by atoms with E-state index in [0.29, 0.717) is 18.5 Å². The molecule has 0 fully saturated rings. The number of rotatable bonds is 6. The lowest BCUT2D eigenvalue weighted by Crippen LogP contribution is -2.30. The van der Waals surface area contributed by atoms with E-state index in [2.05, 4.69) is 55.4 Å². The molecule has 0 aliphatic carbocycles. The van der Waals surface area contributed by atoms with E-state index in [1.807, 2.05) is 0 Å². The fourth-order valence-electron chi connectivity index (χ4n) is 1.16. The molecule has 0 aliphatic rings. The highest BCUT2D eigenvalue weighted by atomic mass is 16.4. The van der Waals surface area contributed by atoms with Crippen molar-refractivity contribution >= 4 is 6.01 Å². The monoisotopic (exact) mass is 240 g/mol. The first kappa shape index (κ1) is 14.0. The maximum Gasteiger partial charge on any atom is 0.315 e. The second-order valence-electron chi connectivity index (χ2n) is 5.41. The van der Waals surface area contributed by atoms with Crippen LogP contribution >= 0.6 is 0 Å². The smallest absolute Gasteiger partial charge is 0.315 e. The summed E-state index contributed by atoms with van der Waals surface area (Å²) in [6.07, 6.45) is 1.10. The molecule has 1 heterocycles. The van der Waals surface area contributed by atoms with Gasteiger partial charge in [-0.1, -0.05) is 32.8 Å². The molecule has 1 aromatic rings. The molecule has 17 heavy (non-hydrogen) atoms. The van der Waals surface area contributed by atoms with Crippen LogP contribution in [0, 0.1) is 5.41 Å². The van der Waals surface area contributed by atoms with E-state index in [0.717, 1.165) is 13.0 Å². The molecule has 98 valence electrons. The lowest BCUT2D eigenvalue weighted by Gasteiger charge is -2.26. The van der Waals surface area contributed by atoms with Gasteiger partial charge in [-0.25, -0.2) is 0 Å². The maximum atomic E-state index is 5.50. The highest BCUT2D eigenvalue weighted by Gasteiger charge is 2.21. The Kier molecular flexibility index (Phi) is 4.93. The quantitative estimate of drug-likeness (QED) is 0.748. The zero-order valence-corrected chi connectivity index (χ0v) is 11.5. The number of nitrogens with zero attached hydrogens (tertiary/aromatic N) is 2. The Labute approximate surface area is 103 Å². The molecule has 2 N–H and O–H groups in total. The first-order valence-electron chi connectivity index (χ1n) is 6.23. The average molecular weight is 240 g/mol. The predicted molar refractivity (Wildman–Crippen MR) is 68.8 cm³/mol. The highest BCUT2D eigenvalue weighted by Crippen LogP contribution is 2.22. The molecule has 1 rings (SSSR count). The Morgan fingerprint density at radius 3 is 2.59 bits per heavy atom. The number of hydrogen-bond acceptors (Lipinski definition) is 5. The lowest BCUT2D eigenvalue weighted by molar-refractivity contribution is 0.350. The van der Waals surface area contributed by atoms with Crippen molar-refractivity contribution in [3.8, 4) is 0 Å². The van der Waals surface area contributed by atoms with Gasteiger partial charge in [0.25, 0.3) is 0 Å². The summed E-state index contributed by atoms with van der Waals surface area (Å²) in [6, 6.07) is 0.778. The van der Waals surface area contributed by atoms with E-state index in [-0.39, 0.29) is 11.5 Å². The average Bonchev–Trinajstić information content (AvgIpc) is 2.65. The molecule has 1 atom stereocenters. The first-order valence-corrected chi connectivity index (χ1v) is 6.23. The van der Waals surface area contributed by atoms with Crippen molar-refractivity contribution in [3.05, 3.63) is 5.89 Å². The van der Waals surface area contributed by atoms with Crippen LogP contribution in [-0.4, -0.2) is 22.8 Å². The third-order valence-electron chi connectivity index (χ3n) is 2.81. The number of hydrogen-bond donors (Lipinski definition) is 2. The van der Waals surface area contributed by atoms with Crippen LogP contribution in [0.15, 0.2) is 4.42 Å². The predicted octanol–water partition coefficient (Wildman–Crippen LogP) is 2.42. The molecule has 0 bridgehead atoms. The van der Waals surface area contributed by atoms with Crippen LogP contribution < -0.4 is 10.6 Å². The van der Waals surface area contributed by atoms with E-state index in [9.17, 15) is 0 Å². The van der Waals surface area contributed by atoms with Gasteiger partial charge in [-0.3, -0.25) is 0 Å². The summed E-state index contributed by atoms with van der Waals surface area (Å²) in [6.45, 7) is 12.3. The van der Waals surface area contributed by atoms with Crippen LogP contribution in [0.25, 0.3) is 0 Å². The van der Waals surface area contributed by atoms with Crippen molar-refractivity contribution in [3.63, 3.8) is 0 Å². The van der Waals surface area contributed by atoms with Crippen LogP contribution in [0.1, 0.15) is 46.9 Å². The minimum absolute atomic E-state index is 0.162. The topological polar surface area (TPSA) is 63.0 Å². The van der Waals surface area contributed by atoms with E-state index in [1.165, 1.54) is 0 Å². The van der Waals surface area contributed by atoms with Crippen LogP contribution in [0.4, 0.5) is 6.01 Å². The highest BCUT2D eigenvalue weighted by molar-refractivity contribution is 5.20. The molecular formula is C12H24N4O. The van der Waals surface area contributed by atoms with E-state index < -0.39 is 0 Å². The zero-order chi connectivity index (χ0) is 12.9. The van der Waals surface area contributed by atoms with Gasteiger partial charge in [0.05, 0.1) is 6.54 Å². The molecule has 1 aromatic heterocycles. The standard InChI is InChI=1S/C12H24N4O/c1-6-7-13-8-10-15-16-11(17-10)14-9(2)12(3,4)5/h9,13H,6-8H2,1-5H3,(H,14,16). The van der Waals surface area contributed by atoms with Crippen molar-refractivity contribution in [1.29, 1.82) is 0 Å². The third-order valence-corrected chi connectivity index (χ3v) is 2.81. The van der Waals surface area contributed by atoms with Crippen molar-refractivity contribution in [2.24, 2.45) is 5.41 Å². The SMILES string of the molecule is CCCNCc1nnc(NC(C)C(C)(C)C)o1. The summed E-state index contributed by atoms with van der Waals surface area (Å²) < 4.78 is 5.50. The van der Waals surface area contributed by atoms with Gasteiger partial charge in [0, 0.05) is 6.04 Å². The Hall–Kier alpha value is -1.10. The van der Waals surface area contributed by atoms with E-state index in [1.54, 1.807) is 0 Å². The minimum Gasteiger partial charge on any atom is -0.407 e. The second kappa shape index (κ2) is 6.00. The van der Waals surface area contributed by atoms with Gasteiger partial charge >= 0.3 is 6.01 Å². The molecule has 0 radical (unpaired) electrons. The van der Waals surface area contributed by atoms with E-state index >= 15 is 0 Å². The van der Waals surface area contributed by atoms with Gasteiger partial charge < -0.3 is 15.1 Å². The van der Waals surface area contributed by atoms with Gasteiger partial charge in [-0.2, -0.15) is 0 Å². The van der Waals surface area contributed by atoms with Crippen LogP contribution in [0.5, 0.6) is 0 Å². The van der Waals surface area contributed by atoms with Gasteiger partial charge in [0.1, 0.15) is 0 Å². The van der Waals surface area contributed by atoms with E-state index in [4.69, 9.17) is 4.42 Å². The largest absolute Gasteiger partial charge is 0.407 e. The van der Waals surface area contributed by atoms with Gasteiger partial charge in [-0.15, -0.1) is 5.10 Å². The summed E-state index contributed by atoms with van der Waals surface area (Å²) >= 11 is 0. The van der Waals surface area contributed by atoms with Crippen molar-refractivity contribution in [2.45, 2.75) is 53.6 Å². The fraction of sp³-hybridized carbons (Fsp3) is 0.833.